The van der Waals surface area contributed by atoms with E-state index < -0.39 is 35.8 Å². The van der Waals surface area contributed by atoms with Gasteiger partial charge in [-0.1, -0.05) is 55.8 Å². The lowest BCUT2D eigenvalue weighted by Gasteiger charge is -2.27. The van der Waals surface area contributed by atoms with Gasteiger partial charge < -0.3 is 30.9 Å². The van der Waals surface area contributed by atoms with Gasteiger partial charge in [-0.15, -0.1) is 0 Å². The van der Waals surface area contributed by atoms with Crippen LogP contribution in [0.5, 0.6) is 5.75 Å². The standard InChI is InChI=1S/C35H45ClN8O6/c1-21(2)31-32-39-23(4)42-44(32)20-30(46)37-15-17-43(35(49)25-13-14-28(50-5)26(36)19-25)16-9-12-29(45)38-22(3)33(47)40-27(34(48)41-31)18-24-10-7-6-8-11-24/h6-8,10-11,13-14,19,21-22,27,31H,9,12,15-18,20H2,1-5H3,(H,37,46)(H,38,45)(H,40,47)(H,41,48)/t22-,27+,31-/m0/s1. The maximum Gasteiger partial charge on any atom is 0.253 e. The van der Waals surface area contributed by atoms with Crippen molar-refractivity contribution < 1.29 is 28.7 Å². The molecule has 14 nitrogen and oxygen atoms in total. The van der Waals surface area contributed by atoms with Crippen LogP contribution in [0, 0.1) is 12.8 Å². The molecule has 0 saturated carbocycles. The Balaban J connectivity index is 1.62. The first kappa shape index (κ1) is 37.8. The zero-order valence-electron chi connectivity index (χ0n) is 29.0. The summed E-state index contributed by atoms with van der Waals surface area (Å²) in [5, 5.41) is 16.1. The molecule has 0 fully saturated rings. The number of rotatable bonds is 5. The monoisotopic (exact) mass is 708 g/mol. The fourth-order valence-electron chi connectivity index (χ4n) is 5.59. The molecule has 0 unspecified atom stereocenters. The van der Waals surface area contributed by atoms with Gasteiger partial charge in [-0.3, -0.25) is 24.0 Å². The lowest BCUT2D eigenvalue weighted by molar-refractivity contribution is -0.132. The highest BCUT2D eigenvalue weighted by Gasteiger charge is 2.31. The Kier molecular flexibility index (Phi) is 13.3. The van der Waals surface area contributed by atoms with E-state index in [4.69, 9.17) is 16.3 Å². The number of halogens is 1. The van der Waals surface area contributed by atoms with E-state index in [0.29, 0.717) is 23.0 Å². The molecule has 0 aliphatic carbocycles. The summed E-state index contributed by atoms with van der Waals surface area (Å²) >= 11 is 6.29. The van der Waals surface area contributed by atoms with Gasteiger partial charge in [-0.25, -0.2) is 9.67 Å². The molecule has 1 aliphatic heterocycles. The fraction of sp³-hybridized carbons (Fsp3) is 0.457. The van der Waals surface area contributed by atoms with Crippen molar-refractivity contribution in [1.29, 1.82) is 0 Å². The summed E-state index contributed by atoms with van der Waals surface area (Å²) < 4.78 is 6.66. The van der Waals surface area contributed by atoms with Gasteiger partial charge in [0.25, 0.3) is 5.91 Å². The number of nitrogens with one attached hydrogen (secondary N) is 4. The third-order valence-corrected chi connectivity index (χ3v) is 8.55. The number of aryl methyl sites for hydroxylation is 1. The molecular formula is C35H45ClN8O6. The number of methoxy groups -OCH3 is 1. The van der Waals surface area contributed by atoms with E-state index in [1.165, 1.54) is 22.8 Å². The predicted octanol–water partition coefficient (Wildman–Crippen LogP) is 2.35. The molecule has 0 spiro atoms. The van der Waals surface area contributed by atoms with Crippen LogP contribution in [0.2, 0.25) is 5.02 Å². The molecule has 15 heteroatoms. The van der Waals surface area contributed by atoms with E-state index in [2.05, 4.69) is 31.3 Å². The third-order valence-electron chi connectivity index (χ3n) is 8.25. The molecule has 4 N–H and O–H groups in total. The van der Waals surface area contributed by atoms with Crippen molar-refractivity contribution in [3.63, 3.8) is 0 Å². The van der Waals surface area contributed by atoms with Gasteiger partial charge in [0.1, 0.15) is 30.2 Å². The van der Waals surface area contributed by atoms with Gasteiger partial charge in [-0.2, -0.15) is 5.10 Å². The second kappa shape index (κ2) is 17.6. The molecule has 0 radical (unpaired) electrons. The number of hydrogen-bond donors (Lipinski definition) is 4. The number of amides is 5. The summed E-state index contributed by atoms with van der Waals surface area (Å²) in [4.78, 5) is 73.0. The summed E-state index contributed by atoms with van der Waals surface area (Å²) in [6.07, 6.45) is 0.498. The number of ether oxygens (including phenoxy) is 1. The topological polar surface area (TPSA) is 177 Å². The molecule has 5 amide bonds. The molecule has 3 atom stereocenters. The second-order valence-electron chi connectivity index (χ2n) is 12.5. The van der Waals surface area contributed by atoms with Crippen molar-refractivity contribution in [2.75, 3.05) is 26.7 Å². The Hall–Kier alpha value is -4.98. The van der Waals surface area contributed by atoms with Gasteiger partial charge in [0.2, 0.25) is 23.6 Å². The van der Waals surface area contributed by atoms with Crippen LogP contribution in [-0.2, 0) is 32.1 Å². The molecule has 4 rings (SSSR count). The van der Waals surface area contributed by atoms with E-state index in [1.54, 1.807) is 26.0 Å². The molecule has 1 aromatic heterocycles. The lowest BCUT2D eigenvalue weighted by atomic mass is 10.0. The first-order valence-electron chi connectivity index (χ1n) is 16.6. The average molecular weight is 709 g/mol. The Morgan fingerprint density at radius 2 is 1.74 bits per heavy atom. The number of nitrogens with zero attached hydrogens (tertiary/aromatic N) is 4. The van der Waals surface area contributed by atoms with Crippen LogP contribution < -0.4 is 26.0 Å². The second-order valence-corrected chi connectivity index (χ2v) is 12.9. The molecule has 50 heavy (non-hydrogen) atoms. The summed E-state index contributed by atoms with van der Waals surface area (Å²) in [6, 6.07) is 11.4. The van der Waals surface area contributed by atoms with Crippen LogP contribution in [0.3, 0.4) is 0 Å². The number of carbonyl (C=O) groups is 5. The zero-order valence-corrected chi connectivity index (χ0v) is 29.8. The maximum absolute atomic E-state index is 13.9. The van der Waals surface area contributed by atoms with E-state index in [1.807, 2.05) is 44.2 Å². The molecule has 0 bridgehead atoms. The zero-order chi connectivity index (χ0) is 36.4. The number of benzene rings is 2. The van der Waals surface area contributed by atoms with Gasteiger partial charge in [-0.05, 0) is 49.9 Å². The van der Waals surface area contributed by atoms with Crippen LogP contribution in [-0.4, -0.2) is 88.0 Å². The van der Waals surface area contributed by atoms with Crippen molar-refractivity contribution in [3.8, 4) is 5.75 Å². The van der Waals surface area contributed by atoms with Crippen molar-refractivity contribution in [1.82, 2.24) is 40.9 Å². The molecule has 2 heterocycles. The fourth-order valence-corrected chi connectivity index (χ4v) is 5.84. The van der Waals surface area contributed by atoms with Crippen molar-refractivity contribution in [2.45, 2.75) is 71.6 Å². The van der Waals surface area contributed by atoms with Crippen LogP contribution in [0.25, 0.3) is 0 Å². The highest BCUT2D eigenvalue weighted by Crippen LogP contribution is 2.26. The Labute approximate surface area is 296 Å². The third kappa shape index (κ3) is 10.3. The van der Waals surface area contributed by atoms with Crippen LogP contribution in [0.1, 0.15) is 67.2 Å². The largest absolute Gasteiger partial charge is 0.495 e. The normalized spacial score (nSPS) is 20.2. The molecule has 268 valence electrons. The smallest absolute Gasteiger partial charge is 0.253 e. The summed E-state index contributed by atoms with van der Waals surface area (Å²) in [7, 11) is 1.48. The van der Waals surface area contributed by atoms with E-state index in [0.717, 1.165) is 5.56 Å². The Bertz CT molecular complexity index is 1680. The molecule has 0 saturated heterocycles. The minimum atomic E-state index is -0.983. The predicted molar refractivity (Wildman–Crippen MR) is 186 cm³/mol. The quantitative estimate of drug-likeness (QED) is 0.312. The summed E-state index contributed by atoms with van der Waals surface area (Å²) in [6.45, 7) is 7.32. The average Bonchev–Trinajstić information content (AvgIpc) is 3.44. The minimum Gasteiger partial charge on any atom is -0.495 e. The van der Waals surface area contributed by atoms with Crippen LogP contribution >= 0.6 is 11.6 Å². The van der Waals surface area contributed by atoms with Crippen LogP contribution in [0.15, 0.2) is 48.5 Å². The first-order valence-corrected chi connectivity index (χ1v) is 17.0. The Morgan fingerprint density at radius 3 is 2.42 bits per heavy atom. The van der Waals surface area contributed by atoms with Gasteiger partial charge >= 0.3 is 0 Å². The highest BCUT2D eigenvalue weighted by molar-refractivity contribution is 6.32. The summed E-state index contributed by atoms with van der Waals surface area (Å²) in [5.41, 5.74) is 1.15. The number of carbonyl (C=O) groups excluding carboxylic acids is 5. The molecule has 3 aromatic rings. The highest BCUT2D eigenvalue weighted by atomic mass is 35.5. The van der Waals surface area contributed by atoms with Crippen molar-refractivity contribution in [2.24, 2.45) is 5.92 Å². The number of aromatic nitrogens is 3. The minimum absolute atomic E-state index is 0.0234. The van der Waals surface area contributed by atoms with Gasteiger partial charge in [0.05, 0.1) is 18.2 Å². The number of hydrogen-bond acceptors (Lipinski definition) is 8. The van der Waals surface area contributed by atoms with E-state index in [9.17, 15) is 24.0 Å². The lowest BCUT2D eigenvalue weighted by Crippen LogP contribution is -2.54. The molecule has 1 aliphatic rings. The molecular weight excluding hydrogens is 664 g/mol. The summed E-state index contributed by atoms with van der Waals surface area (Å²) in [5.74, 6) is -1.04. The van der Waals surface area contributed by atoms with Gasteiger partial charge in [0, 0.05) is 38.0 Å². The van der Waals surface area contributed by atoms with E-state index >= 15 is 0 Å². The van der Waals surface area contributed by atoms with Crippen molar-refractivity contribution >= 4 is 41.1 Å². The van der Waals surface area contributed by atoms with Gasteiger partial charge in [0.15, 0.2) is 5.82 Å². The number of fused-ring (bicyclic) bond motifs is 1. The van der Waals surface area contributed by atoms with Crippen LogP contribution in [0.4, 0.5) is 0 Å². The Morgan fingerprint density at radius 1 is 1.00 bits per heavy atom. The SMILES string of the molecule is COc1ccc(C(=O)N2CCCC(=O)N[C@@H](C)C(=O)N[C@H](Cc3ccccc3)C(=O)N[C@@H](C(C)C)c3nc(C)nn3CC(=O)NCC2)cc1Cl. The maximum atomic E-state index is 13.9. The van der Waals surface area contributed by atoms with E-state index in [-0.39, 0.29) is 68.2 Å². The first-order chi connectivity index (χ1) is 23.9. The van der Waals surface area contributed by atoms with Crippen molar-refractivity contribution in [3.05, 3.63) is 76.3 Å². The molecule has 2 aromatic carbocycles.